The van der Waals surface area contributed by atoms with Gasteiger partial charge < -0.3 is 50.5 Å². The van der Waals surface area contributed by atoms with Crippen LogP contribution >= 0.6 is 0 Å². The van der Waals surface area contributed by atoms with Crippen molar-refractivity contribution in [2.45, 2.75) is 0 Å². The fourth-order valence-corrected chi connectivity index (χ4v) is 5.67. The second kappa shape index (κ2) is 12.7. The number of aryl methyl sites for hydroxylation is 3. The summed E-state index contributed by atoms with van der Waals surface area (Å²) in [5.74, 6) is 1.62. The Kier molecular flexibility index (Phi) is 8.38. The van der Waals surface area contributed by atoms with Crippen molar-refractivity contribution in [2.24, 2.45) is 21.1 Å². The van der Waals surface area contributed by atoms with Crippen molar-refractivity contribution in [1.82, 2.24) is 33.2 Å². The van der Waals surface area contributed by atoms with Crippen LogP contribution in [0.25, 0.3) is 78.0 Å². The average molecular weight is 1010 g/mol. The second-order valence-electron chi connectivity index (χ2n) is 11.0. The van der Waals surface area contributed by atoms with E-state index >= 15 is 0 Å². The van der Waals surface area contributed by atoms with Gasteiger partial charge in [0.2, 0.25) is 6.33 Å². The molecule has 0 N–H and O–H groups in total. The molecule has 12 nitrogen and oxygen atoms in total. The largest absolute Gasteiger partial charge is 2.00 e. The number of hydrogen-bond donors (Lipinski definition) is 0. The SMILES string of the molecule is Cn1c[c-]nc1-c1coc2cc3occ(-n4[c-][n+](C)cc4)c3[c-]c12.Cn1ccnc1-c1coc2cc3occ(-n4[c-]ncc4)c3[c-]c12.[Pt+2].[Pt]. The number of hydrogen-bond acceptors (Lipinski definition) is 7. The van der Waals surface area contributed by atoms with Crippen LogP contribution in [0.3, 0.4) is 0 Å². The number of imidazole rings is 4. The van der Waals surface area contributed by atoms with Crippen LogP contribution in [-0.2, 0) is 63.3 Å². The molecule has 0 aliphatic heterocycles. The zero-order chi connectivity index (χ0) is 31.6. The third kappa shape index (κ3) is 5.41. The van der Waals surface area contributed by atoms with Gasteiger partial charge in [0, 0.05) is 71.2 Å². The summed E-state index contributed by atoms with van der Waals surface area (Å²) < 4.78 is 32.0. The van der Waals surface area contributed by atoms with Crippen LogP contribution in [0.5, 0.6) is 0 Å². The third-order valence-corrected chi connectivity index (χ3v) is 8.00. The zero-order valence-electron chi connectivity index (χ0n) is 25.8. The van der Waals surface area contributed by atoms with Crippen LogP contribution in [0.2, 0.25) is 0 Å². The molecule has 8 aromatic heterocycles. The Balaban J connectivity index is 0.000000148. The molecule has 0 aliphatic rings. The summed E-state index contributed by atoms with van der Waals surface area (Å²) in [4.78, 5) is 12.6. The smallest absolute Gasteiger partial charge is 0.508 e. The van der Waals surface area contributed by atoms with Gasteiger partial charge in [-0.2, -0.15) is 0 Å². The van der Waals surface area contributed by atoms with Gasteiger partial charge in [0.25, 0.3) is 0 Å². The summed E-state index contributed by atoms with van der Waals surface area (Å²) >= 11 is 0. The van der Waals surface area contributed by atoms with Crippen molar-refractivity contribution < 1.29 is 64.4 Å². The summed E-state index contributed by atoms with van der Waals surface area (Å²) in [6, 6.07) is 10.6. The Morgan fingerprint density at radius 1 is 0.694 bits per heavy atom. The minimum Gasteiger partial charge on any atom is -0.508 e. The first-order chi connectivity index (χ1) is 23.0. The second-order valence-corrected chi connectivity index (χ2v) is 11.0. The molecule has 0 atom stereocenters. The first-order valence-electron chi connectivity index (χ1n) is 14.5. The normalized spacial score (nSPS) is 11.2. The molecule has 0 spiro atoms. The average Bonchev–Trinajstić information content (AvgIpc) is 3.91. The monoisotopic (exact) mass is 1010 g/mol. The van der Waals surface area contributed by atoms with Crippen molar-refractivity contribution in [3.05, 3.63) is 112 Å². The molecule has 0 radical (unpaired) electrons. The number of benzene rings is 2. The van der Waals surface area contributed by atoms with Crippen LogP contribution in [0, 0.1) is 31.0 Å². The Labute approximate surface area is 306 Å². The van der Waals surface area contributed by atoms with Gasteiger partial charge >= 0.3 is 21.1 Å². The fraction of sp³-hybridized carbons (Fsp3) is 0.0857. The Morgan fingerprint density at radius 2 is 1.31 bits per heavy atom. The summed E-state index contributed by atoms with van der Waals surface area (Å²) in [6.45, 7) is 0. The maximum absolute atomic E-state index is 5.68. The molecule has 10 rings (SSSR count). The predicted octanol–water partition coefficient (Wildman–Crippen LogP) is 5.96. The third-order valence-electron chi connectivity index (χ3n) is 8.00. The predicted molar refractivity (Wildman–Crippen MR) is 168 cm³/mol. The molecule has 0 fully saturated rings. The molecule has 10 aromatic rings. The van der Waals surface area contributed by atoms with E-state index in [4.69, 9.17) is 17.7 Å². The van der Waals surface area contributed by atoms with E-state index in [0.29, 0.717) is 16.7 Å². The molecule has 0 bridgehead atoms. The molecular formula is C35H22N8O4Pt2-2. The maximum Gasteiger partial charge on any atom is 2.00 e. The van der Waals surface area contributed by atoms with Gasteiger partial charge in [0.05, 0.1) is 53.9 Å². The van der Waals surface area contributed by atoms with Gasteiger partial charge in [-0.1, -0.05) is 46.1 Å². The van der Waals surface area contributed by atoms with E-state index in [-0.39, 0.29) is 42.1 Å². The van der Waals surface area contributed by atoms with Gasteiger partial charge in [-0.25, -0.2) is 4.98 Å². The van der Waals surface area contributed by atoms with E-state index in [9.17, 15) is 0 Å². The molecule has 0 amide bonds. The van der Waals surface area contributed by atoms with Crippen molar-refractivity contribution >= 4 is 43.9 Å². The number of aromatic nitrogens is 8. The van der Waals surface area contributed by atoms with Crippen molar-refractivity contribution in [3.8, 4) is 34.2 Å². The molecule has 0 saturated carbocycles. The number of furan rings is 4. The van der Waals surface area contributed by atoms with E-state index in [2.05, 4.69) is 45.9 Å². The molecule has 8 heterocycles. The van der Waals surface area contributed by atoms with Crippen LogP contribution in [0.1, 0.15) is 0 Å². The summed E-state index contributed by atoms with van der Waals surface area (Å²) in [5.41, 5.74) is 6.35. The molecule has 248 valence electrons. The quantitative estimate of drug-likeness (QED) is 0.158. The standard InChI is InChI=1S/C18H12N4O2.C17H10N4O2.2Pt/c1-20-5-6-22(11-20)15-10-24-17-8-16-12(7-13(15)17)14(9-23-16)18-19-3-4-21(18)2;1-20-4-3-19-17(20)13-8-22-15-7-16-12(6-11(13)15)14(9-23-16)21-5-2-18-10-21;;/h4-6,8-10H,1-2H3;2-5,7-9H,1H3;;/q2*-2;;+2. The summed E-state index contributed by atoms with van der Waals surface area (Å²) in [7, 11) is 5.80. The molecular weight excluding hydrogens is 987 g/mol. The number of nitrogens with zero attached hydrogens (tertiary/aromatic N) is 8. The maximum atomic E-state index is 5.68. The topological polar surface area (TPSA) is 115 Å². The van der Waals surface area contributed by atoms with Gasteiger partial charge in [-0.15, -0.1) is 18.3 Å². The van der Waals surface area contributed by atoms with E-state index in [1.807, 2.05) is 76.3 Å². The molecule has 0 unspecified atom stereocenters. The van der Waals surface area contributed by atoms with Crippen molar-refractivity contribution in [2.75, 3.05) is 0 Å². The van der Waals surface area contributed by atoms with Crippen LogP contribution in [0.15, 0.2) is 98.2 Å². The van der Waals surface area contributed by atoms with E-state index < -0.39 is 0 Å². The molecule has 2 aromatic carbocycles. The fourth-order valence-electron chi connectivity index (χ4n) is 5.67. The first kappa shape index (κ1) is 32.4. The number of fused-ring (bicyclic) bond motifs is 4. The van der Waals surface area contributed by atoms with Crippen LogP contribution in [-0.4, -0.2) is 33.2 Å². The molecule has 0 aliphatic carbocycles. The van der Waals surface area contributed by atoms with E-state index in [1.165, 1.54) is 0 Å². The van der Waals surface area contributed by atoms with Crippen LogP contribution in [0.4, 0.5) is 0 Å². The minimum atomic E-state index is 0. The first-order valence-corrected chi connectivity index (χ1v) is 14.5. The van der Waals surface area contributed by atoms with E-state index in [1.54, 1.807) is 48.2 Å². The molecule has 49 heavy (non-hydrogen) atoms. The molecule has 0 saturated heterocycles. The van der Waals surface area contributed by atoms with E-state index in [0.717, 1.165) is 61.3 Å². The zero-order valence-corrected chi connectivity index (χ0v) is 30.4. The summed E-state index contributed by atoms with van der Waals surface area (Å²) in [5, 5.41) is 3.46. The Morgan fingerprint density at radius 3 is 1.84 bits per heavy atom. The summed E-state index contributed by atoms with van der Waals surface area (Å²) in [6.07, 6.45) is 28.4. The van der Waals surface area contributed by atoms with Crippen molar-refractivity contribution in [1.29, 1.82) is 0 Å². The Bertz CT molecular complexity index is 2700. The number of rotatable bonds is 4. The van der Waals surface area contributed by atoms with Gasteiger partial charge in [-0.05, 0) is 30.1 Å². The molecule has 14 heteroatoms. The van der Waals surface area contributed by atoms with Gasteiger partial charge in [-0.3, -0.25) is 0 Å². The minimum absolute atomic E-state index is 0. The van der Waals surface area contributed by atoms with Gasteiger partial charge in [0.15, 0.2) is 0 Å². The van der Waals surface area contributed by atoms with Crippen molar-refractivity contribution in [3.63, 3.8) is 0 Å². The van der Waals surface area contributed by atoms with Crippen LogP contribution < -0.4 is 4.57 Å². The van der Waals surface area contributed by atoms with Gasteiger partial charge in [0.1, 0.15) is 5.82 Å². The Hall–Kier alpha value is -5.18.